The summed E-state index contributed by atoms with van der Waals surface area (Å²) in [5.41, 5.74) is 8.86. The normalized spacial score (nSPS) is 19.3. The Balaban J connectivity index is 1.33. The molecule has 0 atom stereocenters. The Morgan fingerprint density at radius 1 is 0.975 bits per heavy atom. The van der Waals surface area contributed by atoms with Crippen molar-refractivity contribution in [2.24, 2.45) is 5.73 Å². The molecule has 3 amide bonds. The number of rotatable bonds is 6. The molecule has 0 unspecified atom stereocenters. The highest BCUT2D eigenvalue weighted by molar-refractivity contribution is 7.08. The minimum Gasteiger partial charge on any atom is -0.366 e. The summed E-state index contributed by atoms with van der Waals surface area (Å²) >= 11 is 7.10. The van der Waals surface area contributed by atoms with Gasteiger partial charge in [0.05, 0.1) is 17.1 Å². The van der Waals surface area contributed by atoms with Crippen LogP contribution in [-0.4, -0.2) is 70.5 Å². The largest absolute Gasteiger partial charge is 0.366 e. The Morgan fingerprint density at radius 2 is 1.73 bits per heavy atom. The van der Waals surface area contributed by atoms with E-state index in [0.717, 1.165) is 42.9 Å². The molecule has 2 fully saturated rings. The molecule has 4 N–H and O–H groups in total. The van der Waals surface area contributed by atoms with Crippen molar-refractivity contribution in [1.29, 1.82) is 0 Å². The molecular weight excluding hydrogens is 550 g/mol. The van der Waals surface area contributed by atoms with E-state index in [1.165, 1.54) is 0 Å². The second-order valence-corrected chi connectivity index (χ2v) is 11.4. The van der Waals surface area contributed by atoms with Crippen LogP contribution in [0.25, 0.3) is 0 Å². The number of nitrogens with two attached hydrogens (primary N) is 1. The van der Waals surface area contributed by atoms with E-state index in [-0.39, 0.29) is 29.8 Å². The monoisotopic (exact) mass is 581 g/mol. The predicted octanol–water partition coefficient (Wildman–Crippen LogP) is 3.71. The number of piperazine rings is 1. The van der Waals surface area contributed by atoms with Crippen molar-refractivity contribution in [3.05, 3.63) is 69.2 Å². The maximum atomic E-state index is 13.1. The number of carbonyl (C=O) groups excluding carboxylic acids is 3. The summed E-state index contributed by atoms with van der Waals surface area (Å²) in [4.78, 5) is 43.6. The van der Waals surface area contributed by atoms with Crippen molar-refractivity contribution in [2.45, 2.75) is 44.7 Å². The van der Waals surface area contributed by atoms with Crippen LogP contribution in [-0.2, 0) is 0 Å². The van der Waals surface area contributed by atoms with Crippen LogP contribution < -0.4 is 21.3 Å². The summed E-state index contributed by atoms with van der Waals surface area (Å²) in [6.45, 7) is 3.86. The number of anilines is 2. The van der Waals surface area contributed by atoms with Crippen LogP contribution >= 0.6 is 23.1 Å². The minimum absolute atomic E-state index is 0.0699. The number of hydrogen-bond acceptors (Lipinski definition) is 8. The molecule has 1 saturated carbocycles. The third-order valence-corrected chi connectivity index (χ3v) is 8.51. The number of halogens is 1. The predicted molar refractivity (Wildman–Crippen MR) is 156 cm³/mol. The van der Waals surface area contributed by atoms with Crippen LogP contribution in [0.1, 0.15) is 61.8 Å². The van der Waals surface area contributed by atoms with Gasteiger partial charge in [-0.05, 0) is 80.5 Å². The van der Waals surface area contributed by atoms with Gasteiger partial charge in [-0.2, -0.15) is 0 Å². The van der Waals surface area contributed by atoms with Gasteiger partial charge in [-0.3, -0.25) is 14.4 Å². The Kier molecular flexibility index (Phi) is 8.63. The summed E-state index contributed by atoms with van der Waals surface area (Å²) in [6.07, 6.45) is 3.48. The van der Waals surface area contributed by atoms with E-state index in [0.29, 0.717) is 58.6 Å². The molecular formula is C28H32ClN7O3S. The van der Waals surface area contributed by atoms with Crippen LogP contribution in [0.2, 0.25) is 5.02 Å². The van der Waals surface area contributed by atoms with Crippen molar-refractivity contribution in [2.75, 3.05) is 36.4 Å². The lowest BCUT2D eigenvalue weighted by molar-refractivity contribution is 0.0746. The summed E-state index contributed by atoms with van der Waals surface area (Å²) in [5.74, 6) is -0.586. The number of hydrogen-bond donors (Lipinski definition) is 3. The molecule has 1 aliphatic heterocycles. The molecule has 1 saturated heterocycles. The first kappa shape index (κ1) is 28.0. The number of aromatic nitrogens is 2. The molecule has 1 aromatic heterocycles. The van der Waals surface area contributed by atoms with Gasteiger partial charge in [0.2, 0.25) is 0 Å². The van der Waals surface area contributed by atoms with Gasteiger partial charge in [-0.1, -0.05) is 22.2 Å². The summed E-state index contributed by atoms with van der Waals surface area (Å²) in [7, 11) is 0. The molecule has 2 aromatic carbocycles. The second-order valence-electron chi connectivity index (χ2n) is 10.2. The number of nitrogens with zero attached hydrogens (tertiary/aromatic N) is 4. The third kappa shape index (κ3) is 6.43. The summed E-state index contributed by atoms with van der Waals surface area (Å²) < 4.78 is 3.87. The molecule has 3 aromatic rings. The van der Waals surface area contributed by atoms with E-state index < -0.39 is 0 Å². The standard InChI is InChI=1S/C28H32ClN7O3S/c1-17-25(40-34-33-17)27(38)32-23-16-18(26(37)31-22-8-6-21(30)7-9-22)5-10-24(23)35-11-13-36(14-12-35)28(39)19-3-2-4-20(29)15-19/h2-5,10,15-16,21-22H,6-9,11-14,30H2,1H3,(H,31,37)(H,32,38). The van der Waals surface area contributed by atoms with Gasteiger partial charge in [-0.15, -0.1) is 5.10 Å². The van der Waals surface area contributed by atoms with E-state index in [9.17, 15) is 14.4 Å². The molecule has 40 heavy (non-hydrogen) atoms. The maximum absolute atomic E-state index is 13.1. The van der Waals surface area contributed by atoms with Crippen LogP contribution in [0.15, 0.2) is 42.5 Å². The second kappa shape index (κ2) is 12.3. The molecule has 5 rings (SSSR count). The van der Waals surface area contributed by atoms with Crippen molar-refractivity contribution in [1.82, 2.24) is 19.8 Å². The molecule has 1 aliphatic carbocycles. The average Bonchev–Trinajstić information content (AvgIpc) is 3.40. The molecule has 0 bridgehead atoms. The summed E-state index contributed by atoms with van der Waals surface area (Å²) in [6, 6.07) is 12.6. The van der Waals surface area contributed by atoms with Crippen LogP contribution in [0.3, 0.4) is 0 Å². The topological polar surface area (TPSA) is 134 Å². The lowest BCUT2D eigenvalue weighted by Gasteiger charge is -2.37. The number of carbonyl (C=O) groups is 3. The van der Waals surface area contributed by atoms with Gasteiger partial charge in [-0.25, -0.2) is 0 Å². The Hall–Kier alpha value is -3.54. The fourth-order valence-corrected chi connectivity index (χ4v) is 5.90. The molecule has 10 nitrogen and oxygen atoms in total. The maximum Gasteiger partial charge on any atom is 0.269 e. The highest BCUT2D eigenvalue weighted by Crippen LogP contribution is 2.30. The Morgan fingerprint density at radius 3 is 2.40 bits per heavy atom. The average molecular weight is 582 g/mol. The van der Waals surface area contributed by atoms with E-state index in [1.807, 2.05) is 6.07 Å². The van der Waals surface area contributed by atoms with Crippen LogP contribution in [0, 0.1) is 6.92 Å². The first-order chi connectivity index (χ1) is 19.3. The van der Waals surface area contributed by atoms with Crippen LogP contribution in [0.4, 0.5) is 11.4 Å². The Labute approximate surface area is 242 Å². The lowest BCUT2D eigenvalue weighted by Crippen LogP contribution is -2.49. The van der Waals surface area contributed by atoms with E-state index in [1.54, 1.807) is 48.2 Å². The molecule has 2 heterocycles. The van der Waals surface area contributed by atoms with Crippen molar-refractivity contribution >= 4 is 52.2 Å². The molecule has 2 aliphatic rings. The zero-order chi connectivity index (χ0) is 28.2. The Bertz CT molecular complexity index is 1400. The summed E-state index contributed by atoms with van der Waals surface area (Å²) in [5, 5.41) is 10.6. The number of benzene rings is 2. The zero-order valence-electron chi connectivity index (χ0n) is 22.2. The van der Waals surface area contributed by atoms with Gasteiger partial charge < -0.3 is 26.2 Å². The van der Waals surface area contributed by atoms with E-state index >= 15 is 0 Å². The van der Waals surface area contributed by atoms with Gasteiger partial charge in [0, 0.05) is 54.4 Å². The molecule has 12 heteroatoms. The number of nitrogens with one attached hydrogen (secondary N) is 2. The molecule has 0 radical (unpaired) electrons. The lowest BCUT2D eigenvalue weighted by atomic mass is 9.91. The fourth-order valence-electron chi connectivity index (χ4n) is 5.16. The molecule has 0 spiro atoms. The first-order valence-electron chi connectivity index (χ1n) is 13.4. The van der Waals surface area contributed by atoms with Crippen LogP contribution in [0.5, 0.6) is 0 Å². The number of aryl methyl sites for hydroxylation is 1. The SMILES string of the molecule is Cc1nnsc1C(=O)Nc1cc(C(=O)NC2CCC(N)CC2)ccc1N1CCN(C(=O)c2cccc(Cl)c2)CC1. The fraction of sp³-hybridized carbons (Fsp3) is 0.393. The smallest absolute Gasteiger partial charge is 0.269 e. The number of amides is 3. The van der Waals surface area contributed by atoms with Crippen molar-refractivity contribution < 1.29 is 14.4 Å². The zero-order valence-corrected chi connectivity index (χ0v) is 23.8. The minimum atomic E-state index is -0.331. The quantitative estimate of drug-likeness (QED) is 0.404. The molecule has 210 valence electrons. The first-order valence-corrected chi connectivity index (χ1v) is 14.5. The van der Waals surface area contributed by atoms with E-state index in [4.69, 9.17) is 17.3 Å². The van der Waals surface area contributed by atoms with Crippen molar-refractivity contribution in [3.8, 4) is 0 Å². The van der Waals surface area contributed by atoms with E-state index in [2.05, 4.69) is 25.1 Å². The third-order valence-electron chi connectivity index (χ3n) is 7.45. The highest BCUT2D eigenvalue weighted by Gasteiger charge is 2.26. The van der Waals surface area contributed by atoms with Gasteiger partial charge >= 0.3 is 0 Å². The van der Waals surface area contributed by atoms with Gasteiger partial charge in [0.1, 0.15) is 4.88 Å². The van der Waals surface area contributed by atoms with Crippen molar-refractivity contribution in [3.63, 3.8) is 0 Å². The van der Waals surface area contributed by atoms with Gasteiger partial charge in [0.15, 0.2) is 0 Å². The van der Waals surface area contributed by atoms with Gasteiger partial charge in [0.25, 0.3) is 17.7 Å². The highest BCUT2D eigenvalue weighted by atomic mass is 35.5.